The van der Waals surface area contributed by atoms with Gasteiger partial charge in [-0.3, -0.25) is 0 Å². The van der Waals surface area contributed by atoms with Gasteiger partial charge < -0.3 is 10.6 Å². The lowest BCUT2D eigenvalue weighted by molar-refractivity contribution is 0.390. The summed E-state index contributed by atoms with van der Waals surface area (Å²) in [5, 5.41) is 15.5. The van der Waals surface area contributed by atoms with Crippen molar-refractivity contribution in [1.29, 1.82) is 5.26 Å². The molecule has 0 atom stereocenters. The highest BCUT2D eigenvalue weighted by molar-refractivity contribution is 5.47. The van der Waals surface area contributed by atoms with Gasteiger partial charge in [-0.1, -0.05) is 0 Å². The average molecular weight is 215 g/mol. The van der Waals surface area contributed by atoms with Crippen LogP contribution in [0.1, 0.15) is 18.4 Å². The molecule has 3 nitrogen and oxygen atoms in total. The average Bonchev–Trinajstić information content (AvgIpc) is 2.38. The molecule has 0 saturated carbocycles. The highest BCUT2D eigenvalue weighted by Gasteiger charge is 2.12. The molecule has 1 aliphatic heterocycles. The van der Waals surface area contributed by atoms with Gasteiger partial charge in [-0.05, 0) is 56.1 Å². The highest BCUT2D eigenvalue weighted by Crippen LogP contribution is 2.14. The maximum absolute atomic E-state index is 8.68. The second kappa shape index (κ2) is 5.53. The highest BCUT2D eigenvalue weighted by atomic mass is 14.9. The van der Waals surface area contributed by atoms with Crippen LogP contribution in [0.4, 0.5) is 5.69 Å². The van der Waals surface area contributed by atoms with Crippen LogP contribution in [-0.2, 0) is 0 Å². The van der Waals surface area contributed by atoms with Crippen molar-refractivity contribution in [2.75, 3.05) is 25.0 Å². The molecular weight excluding hydrogens is 198 g/mol. The van der Waals surface area contributed by atoms with E-state index in [0.29, 0.717) is 5.56 Å². The summed E-state index contributed by atoms with van der Waals surface area (Å²) in [4.78, 5) is 0. The zero-order valence-electron chi connectivity index (χ0n) is 9.37. The topological polar surface area (TPSA) is 47.9 Å². The molecule has 3 heteroatoms. The molecule has 0 bridgehead atoms. The fourth-order valence-electron chi connectivity index (χ4n) is 2.01. The van der Waals surface area contributed by atoms with Crippen molar-refractivity contribution in [2.24, 2.45) is 5.92 Å². The summed E-state index contributed by atoms with van der Waals surface area (Å²) in [7, 11) is 0. The Morgan fingerprint density at radius 2 is 1.94 bits per heavy atom. The number of piperidine rings is 1. The number of anilines is 1. The van der Waals surface area contributed by atoms with Crippen molar-refractivity contribution in [3.05, 3.63) is 29.8 Å². The van der Waals surface area contributed by atoms with Gasteiger partial charge >= 0.3 is 0 Å². The Morgan fingerprint density at radius 3 is 2.56 bits per heavy atom. The molecule has 0 amide bonds. The van der Waals surface area contributed by atoms with E-state index < -0.39 is 0 Å². The SMILES string of the molecule is N#Cc1ccc(NCC2CCNCC2)cc1. The van der Waals surface area contributed by atoms with Gasteiger partial charge in [0.15, 0.2) is 0 Å². The van der Waals surface area contributed by atoms with Gasteiger partial charge in [0, 0.05) is 12.2 Å². The van der Waals surface area contributed by atoms with E-state index >= 15 is 0 Å². The van der Waals surface area contributed by atoms with Crippen molar-refractivity contribution in [1.82, 2.24) is 5.32 Å². The molecule has 0 radical (unpaired) electrons. The van der Waals surface area contributed by atoms with E-state index in [4.69, 9.17) is 5.26 Å². The minimum absolute atomic E-state index is 0.715. The van der Waals surface area contributed by atoms with Crippen molar-refractivity contribution in [3.8, 4) is 6.07 Å². The van der Waals surface area contributed by atoms with E-state index in [1.54, 1.807) is 0 Å². The lowest BCUT2D eigenvalue weighted by Gasteiger charge is -2.23. The number of rotatable bonds is 3. The molecule has 2 rings (SSSR count). The van der Waals surface area contributed by atoms with E-state index in [-0.39, 0.29) is 0 Å². The van der Waals surface area contributed by atoms with Crippen LogP contribution < -0.4 is 10.6 Å². The van der Waals surface area contributed by atoms with Gasteiger partial charge in [-0.15, -0.1) is 0 Å². The summed E-state index contributed by atoms with van der Waals surface area (Å²) in [6.07, 6.45) is 2.51. The molecule has 0 spiro atoms. The first-order valence-electron chi connectivity index (χ1n) is 5.83. The number of hydrogen-bond donors (Lipinski definition) is 2. The summed E-state index contributed by atoms with van der Waals surface area (Å²) >= 11 is 0. The molecule has 1 saturated heterocycles. The number of hydrogen-bond acceptors (Lipinski definition) is 3. The van der Waals surface area contributed by atoms with Crippen LogP contribution in [0, 0.1) is 17.2 Å². The second-order valence-corrected chi connectivity index (χ2v) is 4.26. The van der Waals surface area contributed by atoms with E-state index in [1.165, 1.54) is 12.8 Å². The number of nitrogens with one attached hydrogen (secondary N) is 2. The van der Waals surface area contributed by atoms with E-state index in [2.05, 4.69) is 16.7 Å². The van der Waals surface area contributed by atoms with Gasteiger partial charge in [0.05, 0.1) is 11.6 Å². The maximum atomic E-state index is 8.68. The van der Waals surface area contributed by atoms with Crippen molar-refractivity contribution < 1.29 is 0 Å². The molecule has 1 aliphatic rings. The predicted octanol–water partition coefficient (Wildman–Crippen LogP) is 1.97. The normalized spacial score (nSPS) is 16.7. The third-order valence-electron chi connectivity index (χ3n) is 3.07. The fourth-order valence-corrected chi connectivity index (χ4v) is 2.01. The fraction of sp³-hybridized carbons (Fsp3) is 0.462. The number of benzene rings is 1. The lowest BCUT2D eigenvalue weighted by atomic mass is 9.98. The summed E-state index contributed by atoms with van der Waals surface area (Å²) in [6.45, 7) is 3.31. The van der Waals surface area contributed by atoms with E-state index in [0.717, 1.165) is 31.2 Å². The third kappa shape index (κ3) is 2.98. The van der Waals surface area contributed by atoms with Gasteiger partial charge in [-0.25, -0.2) is 0 Å². The quantitative estimate of drug-likeness (QED) is 0.810. The smallest absolute Gasteiger partial charge is 0.0991 e. The van der Waals surface area contributed by atoms with Crippen LogP contribution in [0.15, 0.2) is 24.3 Å². The van der Waals surface area contributed by atoms with Crippen LogP contribution in [0.5, 0.6) is 0 Å². The van der Waals surface area contributed by atoms with Gasteiger partial charge in [-0.2, -0.15) is 5.26 Å². The Labute approximate surface area is 96.5 Å². The van der Waals surface area contributed by atoms with Crippen molar-refractivity contribution in [2.45, 2.75) is 12.8 Å². The van der Waals surface area contributed by atoms with Crippen LogP contribution in [0.2, 0.25) is 0 Å². The lowest BCUT2D eigenvalue weighted by Crippen LogP contribution is -2.31. The zero-order valence-corrected chi connectivity index (χ0v) is 9.37. The Morgan fingerprint density at radius 1 is 1.25 bits per heavy atom. The summed E-state index contributed by atoms with van der Waals surface area (Å²) < 4.78 is 0. The van der Waals surface area contributed by atoms with E-state index in [1.807, 2.05) is 24.3 Å². The first-order valence-corrected chi connectivity index (χ1v) is 5.83. The zero-order chi connectivity index (χ0) is 11.2. The summed E-state index contributed by atoms with van der Waals surface area (Å²) in [6, 6.07) is 9.77. The molecule has 0 aliphatic carbocycles. The van der Waals surface area contributed by atoms with Gasteiger partial charge in [0.2, 0.25) is 0 Å². The first-order chi connectivity index (χ1) is 7.88. The molecule has 1 heterocycles. The van der Waals surface area contributed by atoms with Gasteiger partial charge in [0.25, 0.3) is 0 Å². The van der Waals surface area contributed by atoms with Gasteiger partial charge in [0.1, 0.15) is 0 Å². The van der Waals surface area contributed by atoms with Crippen molar-refractivity contribution in [3.63, 3.8) is 0 Å². The minimum Gasteiger partial charge on any atom is -0.385 e. The Balaban J connectivity index is 1.82. The summed E-state index contributed by atoms with van der Waals surface area (Å²) in [5.74, 6) is 0.775. The Hall–Kier alpha value is -1.53. The molecule has 1 aromatic rings. The largest absolute Gasteiger partial charge is 0.385 e. The molecule has 0 aromatic heterocycles. The molecule has 16 heavy (non-hydrogen) atoms. The first kappa shape index (κ1) is 11.0. The molecule has 1 aromatic carbocycles. The standard InChI is InChI=1S/C13H17N3/c14-9-11-1-3-13(4-2-11)16-10-12-5-7-15-8-6-12/h1-4,12,15-16H,5-8,10H2. The molecule has 0 unspecified atom stereocenters. The third-order valence-corrected chi connectivity index (χ3v) is 3.07. The molecule has 84 valence electrons. The predicted molar refractivity (Wildman–Crippen MR) is 65.2 cm³/mol. The van der Waals surface area contributed by atoms with Crippen molar-refractivity contribution >= 4 is 5.69 Å². The monoisotopic (exact) mass is 215 g/mol. The summed E-state index contributed by atoms with van der Waals surface area (Å²) in [5.41, 5.74) is 1.82. The minimum atomic E-state index is 0.715. The van der Waals surface area contributed by atoms with Crippen LogP contribution >= 0.6 is 0 Å². The molecule has 1 fully saturated rings. The van der Waals surface area contributed by atoms with Crippen LogP contribution in [-0.4, -0.2) is 19.6 Å². The van der Waals surface area contributed by atoms with Crippen LogP contribution in [0.3, 0.4) is 0 Å². The number of nitriles is 1. The second-order valence-electron chi connectivity index (χ2n) is 4.26. The Kier molecular flexibility index (Phi) is 3.79. The Bertz CT molecular complexity index is 358. The number of nitrogens with zero attached hydrogens (tertiary/aromatic N) is 1. The van der Waals surface area contributed by atoms with E-state index in [9.17, 15) is 0 Å². The molecular formula is C13H17N3. The molecule has 2 N–H and O–H groups in total. The maximum Gasteiger partial charge on any atom is 0.0991 e. The van der Waals surface area contributed by atoms with Crippen LogP contribution in [0.25, 0.3) is 0 Å².